The minimum Gasteiger partial charge on any atom is -0.478 e. The van der Waals surface area contributed by atoms with Crippen molar-refractivity contribution in [3.63, 3.8) is 0 Å². The maximum absolute atomic E-state index is 11.1. The molecule has 164 valence electrons. The van der Waals surface area contributed by atoms with Gasteiger partial charge in [-0.05, 0) is 47.5 Å². The summed E-state index contributed by atoms with van der Waals surface area (Å²) in [5, 5.41) is 18.0. The predicted octanol–water partition coefficient (Wildman–Crippen LogP) is 5.65. The number of nitrogens with zero attached hydrogens (tertiary/aromatic N) is 3. The Bertz CT molecular complexity index is 1290. The van der Waals surface area contributed by atoms with E-state index in [1.165, 1.54) is 0 Å². The van der Waals surface area contributed by atoms with Gasteiger partial charge in [-0.15, -0.1) is 0 Å². The Balaban J connectivity index is 1.53. The summed E-state index contributed by atoms with van der Waals surface area (Å²) in [5.74, 6) is -0.136. The van der Waals surface area contributed by atoms with Crippen LogP contribution in [0.2, 0.25) is 0 Å². The molecule has 0 saturated carbocycles. The van der Waals surface area contributed by atoms with Crippen LogP contribution < -0.4 is 0 Å². The second-order valence-electron chi connectivity index (χ2n) is 7.49. The number of hydrogen-bond acceptors (Lipinski definition) is 4. The highest BCUT2D eigenvalue weighted by atomic mass is 79.9. The summed E-state index contributed by atoms with van der Waals surface area (Å²) in [6.45, 7) is 1.31. The fourth-order valence-corrected chi connectivity index (χ4v) is 3.65. The number of halogens is 1. The summed E-state index contributed by atoms with van der Waals surface area (Å²) in [7, 11) is 0. The van der Waals surface area contributed by atoms with E-state index in [1.807, 2.05) is 59.3 Å². The topological polar surface area (TPSA) is 88.1 Å². The van der Waals surface area contributed by atoms with Crippen molar-refractivity contribution in [2.24, 2.45) is 0 Å². The highest BCUT2D eigenvalue weighted by Gasteiger charge is 2.12. The van der Waals surface area contributed by atoms with E-state index in [-0.39, 0.29) is 5.56 Å². The number of aromatic nitrogens is 2. The van der Waals surface area contributed by atoms with Gasteiger partial charge in [-0.1, -0.05) is 52.3 Å². The van der Waals surface area contributed by atoms with E-state index in [0.717, 1.165) is 32.7 Å². The molecule has 1 aromatic heterocycles. The Kier molecular flexibility index (Phi) is 6.98. The average Bonchev–Trinajstić information content (AvgIpc) is 3.22. The van der Waals surface area contributed by atoms with Crippen LogP contribution in [0, 0.1) is 11.3 Å². The molecule has 4 rings (SSSR count). The number of carboxylic acids is 1. The van der Waals surface area contributed by atoms with Crippen molar-refractivity contribution in [3.8, 4) is 17.5 Å². The molecule has 0 aliphatic heterocycles. The van der Waals surface area contributed by atoms with Gasteiger partial charge in [-0.25, -0.2) is 9.78 Å². The zero-order valence-electron chi connectivity index (χ0n) is 17.6. The van der Waals surface area contributed by atoms with Crippen LogP contribution in [0.1, 0.15) is 32.7 Å². The second kappa shape index (κ2) is 10.3. The molecule has 0 fully saturated rings. The minimum absolute atomic E-state index is 0.259. The molecule has 7 heteroatoms. The standard InChI is InChI=1S/C26H20BrN3O3/c27-23-11-9-21(10-12-23)25-29-24(17-33-16-20-3-1-18(13-28)2-4-20)15-30(25)14-19-5-7-22(8-6-19)26(31)32/h1-12,15H,14,16-17H2,(H,31,32). The number of benzene rings is 3. The molecule has 33 heavy (non-hydrogen) atoms. The number of hydrogen-bond donors (Lipinski definition) is 1. The van der Waals surface area contributed by atoms with Crippen molar-refractivity contribution in [1.82, 2.24) is 9.55 Å². The maximum Gasteiger partial charge on any atom is 0.335 e. The van der Waals surface area contributed by atoms with Gasteiger partial charge >= 0.3 is 5.97 Å². The Labute approximate surface area is 199 Å². The van der Waals surface area contributed by atoms with Gasteiger partial charge in [-0.2, -0.15) is 5.26 Å². The summed E-state index contributed by atoms with van der Waals surface area (Å²) in [4.78, 5) is 15.9. The number of carboxylic acid groups (broad SMARTS) is 1. The highest BCUT2D eigenvalue weighted by molar-refractivity contribution is 9.10. The van der Waals surface area contributed by atoms with Crippen LogP contribution in [0.15, 0.2) is 83.5 Å². The first kappa shape index (κ1) is 22.5. The smallest absolute Gasteiger partial charge is 0.335 e. The van der Waals surface area contributed by atoms with Crippen molar-refractivity contribution in [2.75, 3.05) is 0 Å². The molecule has 6 nitrogen and oxygen atoms in total. The van der Waals surface area contributed by atoms with Crippen LogP contribution in [-0.2, 0) is 24.5 Å². The third kappa shape index (κ3) is 5.75. The van der Waals surface area contributed by atoms with Crippen LogP contribution in [0.4, 0.5) is 0 Å². The van der Waals surface area contributed by atoms with Gasteiger partial charge in [0.15, 0.2) is 0 Å². The zero-order valence-corrected chi connectivity index (χ0v) is 19.2. The van der Waals surface area contributed by atoms with Crippen LogP contribution in [-0.4, -0.2) is 20.6 Å². The Morgan fingerprint density at radius 2 is 1.64 bits per heavy atom. The van der Waals surface area contributed by atoms with Gasteiger partial charge in [0, 0.05) is 22.8 Å². The van der Waals surface area contributed by atoms with Crippen LogP contribution in [0.25, 0.3) is 11.4 Å². The van der Waals surface area contributed by atoms with Gasteiger partial charge in [0.05, 0.1) is 36.1 Å². The Morgan fingerprint density at radius 1 is 0.970 bits per heavy atom. The van der Waals surface area contributed by atoms with Crippen molar-refractivity contribution in [2.45, 2.75) is 19.8 Å². The molecule has 0 unspecified atom stereocenters. The van der Waals surface area contributed by atoms with Crippen LogP contribution in [0.3, 0.4) is 0 Å². The zero-order chi connectivity index (χ0) is 23.2. The SMILES string of the molecule is N#Cc1ccc(COCc2cn(Cc3ccc(C(=O)O)cc3)c(-c3ccc(Br)cc3)n2)cc1. The normalized spacial score (nSPS) is 10.7. The van der Waals surface area contributed by atoms with E-state index in [0.29, 0.717) is 25.3 Å². The Hall–Kier alpha value is -3.73. The monoisotopic (exact) mass is 501 g/mol. The quantitative estimate of drug-likeness (QED) is 0.337. The lowest BCUT2D eigenvalue weighted by Gasteiger charge is -2.08. The predicted molar refractivity (Wildman–Crippen MR) is 128 cm³/mol. The number of rotatable bonds is 8. The fourth-order valence-electron chi connectivity index (χ4n) is 3.39. The van der Waals surface area contributed by atoms with E-state index in [9.17, 15) is 4.79 Å². The molecule has 1 N–H and O–H groups in total. The molecule has 0 atom stereocenters. The largest absolute Gasteiger partial charge is 0.478 e. The minimum atomic E-state index is -0.943. The summed E-state index contributed by atoms with van der Waals surface area (Å²) in [6.07, 6.45) is 1.96. The van der Waals surface area contributed by atoms with E-state index in [2.05, 4.69) is 22.0 Å². The lowest BCUT2D eigenvalue weighted by molar-refractivity contribution is 0.0697. The first-order valence-corrected chi connectivity index (χ1v) is 11.0. The first-order valence-electron chi connectivity index (χ1n) is 10.2. The lowest BCUT2D eigenvalue weighted by atomic mass is 10.1. The van der Waals surface area contributed by atoms with Gasteiger partial charge in [0.2, 0.25) is 0 Å². The molecule has 4 aromatic rings. The summed E-state index contributed by atoms with van der Waals surface area (Å²) in [6, 6.07) is 24.2. The van der Waals surface area contributed by atoms with Crippen molar-refractivity contribution in [3.05, 3.63) is 111 Å². The number of nitriles is 1. The molecule has 1 heterocycles. The second-order valence-corrected chi connectivity index (χ2v) is 8.41. The van der Waals surface area contributed by atoms with Gasteiger partial charge in [0.25, 0.3) is 0 Å². The fraction of sp³-hybridized carbons (Fsp3) is 0.115. The average molecular weight is 502 g/mol. The third-order valence-electron chi connectivity index (χ3n) is 5.08. The third-order valence-corrected chi connectivity index (χ3v) is 5.61. The molecule has 0 aliphatic carbocycles. The van der Waals surface area contributed by atoms with Crippen molar-refractivity contribution in [1.29, 1.82) is 5.26 Å². The molecular weight excluding hydrogens is 482 g/mol. The van der Waals surface area contributed by atoms with E-state index in [1.54, 1.807) is 24.3 Å². The molecule has 0 spiro atoms. The molecular formula is C26H20BrN3O3. The Morgan fingerprint density at radius 3 is 2.27 bits per heavy atom. The molecule has 0 saturated heterocycles. The first-order chi connectivity index (χ1) is 16.0. The number of ether oxygens (including phenoxy) is 1. The van der Waals surface area contributed by atoms with Gasteiger partial charge in [0.1, 0.15) is 5.82 Å². The van der Waals surface area contributed by atoms with Gasteiger partial charge in [-0.3, -0.25) is 0 Å². The van der Waals surface area contributed by atoms with E-state index < -0.39 is 5.97 Å². The maximum atomic E-state index is 11.1. The number of aromatic carboxylic acids is 1. The molecule has 0 bridgehead atoms. The van der Waals surface area contributed by atoms with E-state index in [4.69, 9.17) is 20.1 Å². The molecule has 0 amide bonds. The lowest BCUT2D eigenvalue weighted by Crippen LogP contribution is -2.02. The number of carbonyl (C=O) groups is 1. The van der Waals surface area contributed by atoms with Crippen LogP contribution >= 0.6 is 15.9 Å². The summed E-state index contributed by atoms with van der Waals surface area (Å²) in [5.41, 5.74) is 4.60. The molecule has 0 aliphatic rings. The number of imidazole rings is 1. The van der Waals surface area contributed by atoms with Crippen LogP contribution in [0.5, 0.6) is 0 Å². The summed E-state index contributed by atoms with van der Waals surface area (Å²) < 4.78 is 8.89. The highest BCUT2D eigenvalue weighted by Crippen LogP contribution is 2.23. The summed E-state index contributed by atoms with van der Waals surface area (Å²) >= 11 is 3.47. The van der Waals surface area contributed by atoms with E-state index >= 15 is 0 Å². The van der Waals surface area contributed by atoms with Gasteiger partial charge < -0.3 is 14.4 Å². The van der Waals surface area contributed by atoms with Crippen molar-refractivity contribution >= 4 is 21.9 Å². The molecule has 3 aromatic carbocycles. The molecule has 0 radical (unpaired) electrons. The van der Waals surface area contributed by atoms with Crippen molar-refractivity contribution < 1.29 is 14.6 Å².